The smallest absolute Gasteiger partial charge is 0.251 e. The van der Waals surface area contributed by atoms with Crippen LogP contribution in [-0.4, -0.2) is 34.0 Å². The molecule has 0 aromatic carbocycles. The lowest BCUT2D eigenvalue weighted by Gasteiger charge is -2.34. The summed E-state index contributed by atoms with van der Waals surface area (Å²) in [6, 6.07) is 3.49. The molecule has 8 heteroatoms. The predicted octanol–water partition coefficient (Wildman–Crippen LogP) is 2.25. The van der Waals surface area contributed by atoms with Crippen LogP contribution >= 0.6 is 0 Å². The number of hydrogen-bond acceptors (Lipinski definition) is 6. The van der Waals surface area contributed by atoms with Crippen LogP contribution in [0.15, 0.2) is 18.3 Å². The molecule has 0 aliphatic carbocycles. The zero-order valence-electron chi connectivity index (χ0n) is 12.8. The van der Waals surface area contributed by atoms with Gasteiger partial charge < -0.3 is 16.4 Å². The van der Waals surface area contributed by atoms with Crippen LogP contribution < -0.4 is 16.4 Å². The van der Waals surface area contributed by atoms with Gasteiger partial charge in [-0.2, -0.15) is 4.98 Å². The number of nitrogens with zero attached hydrogens (tertiary/aromatic N) is 4. The summed E-state index contributed by atoms with van der Waals surface area (Å²) in [5, 5.41) is 0. The van der Waals surface area contributed by atoms with Gasteiger partial charge in [-0.25, -0.2) is 18.7 Å². The summed E-state index contributed by atoms with van der Waals surface area (Å²) in [5.41, 5.74) is 13.6. The van der Waals surface area contributed by atoms with E-state index in [9.17, 15) is 8.78 Å². The predicted molar refractivity (Wildman–Crippen MR) is 85.2 cm³/mol. The molecular weight excluding hydrogens is 302 g/mol. The van der Waals surface area contributed by atoms with Gasteiger partial charge in [0.2, 0.25) is 5.95 Å². The Kier molecular flexibility index (Phi) is 3.75. The van der Waals surface area contributed by atoms with Gasteiger partial charge >= 0.3 is 0 Å². The normalized spacial score (nSPS) is 17.3. The molecule has 1 saturated heterocycles. The van der Waals surface area contributed by atoms with Crippen molar-refractivity contribution in [3.05, 3.63) is 24.0 Å². The summed E-state index contributed by atoms with van der Waals surface area (Å²) < 4.78 is 26.8. The minimum Gasteiger partial charge on any atom is -0.384 e. The molecule has 1 aliphatic rings. The molecule has 0 spiro atoms. The molecule has 122 valence electrons. The highest BCUT2D eigenvalue weighted by Crippen LogP contribution is 2.36. The number of nitrogen functional groups attached to an aromatic ring is 2. The summed E-state index contributed by atoms with van der Waals surface area (Å²) in [6.07, 6.45) is 1.23. The van der Waals surface area contributed by atoms with Gasteiger partial charge in [0.15, 0.2) is 0 Å². The minimum absolute atomic E-state index is 0.127. The van der Waals surface area contributed by atoms with E-state index in [2.05, 4.69) is 15.0 Å². The van der Waals surface area contributed by atoms with Crippen LogP contribution in [0, 0.1) is 6.92 Å². The third-order valence-electron chi connectivity index (χ3n) is 3.96. The average Bonchev–Trinajstić information content (AvgIpc) is 2.48. The maximum absolute atomic E-state index is 13.4. The maximum atomic E-state index is 13.4. The van der Waals surface area contributed by atoms with Gasteiger partial charge in [0.25, 0.3) is 5.92 Å². The Morgan fingerprint density at radius 1 is 1.13 bits per heavy atom. The number of pyridine rings is 1. The van der Waals surface area contributed by atoms with E-state index in [1.807, 2.05) is 17.9 Å². The van der Waals surface area contributed by atoms with Crippen LogP contribution in [0.4, 0.5) is 26.4 Å². The Labute approximate surface area is 132 Å². The van der Waals surface area contributed by atoms with E-state index >= 15 is 0 Å². The van der Waals surface area contributed by atoms with Crippen molar-refractivity contribution in [2.24, 2.45) is 0 Å². The van der Waals surface area contributed by atoms with Crippen LogP contribution in [0.5, 0.6) is 0 Å². The van der Waals surface area contributed by atoms with Gasteiger partial charge in [0.05, 0.1) is 5.69 Å². The average molecular weight is 320 g/mol. The third kappa shape index (κ3) is 3.15. The quantitative estimate of drug-likeness (QED) is 0.881. The van der Waals surface area contributed by atoms with Crippen molar-refractivity contribution >= 4 is 17.6 Å². The number of halogens is 2. The molecule has 23 heavy (non-hydrogen) atoms. The molecule has 4 N–H and O–H groups in total. The fourth-order valence-corrected chi connectivity index (χ4v) is 2.74. The second-order valence-electron chi connectivity index (χ2n) is 5.68. The molecule has 6 nitrogen and oxygen atoms in total. The Hall–Kier alpha value is -2.51. The monoisotopic (exact) mass is 320 g/mol. The van der Waals surface area contributed by atoms with Gasteiger partial charge in [-0.3, -0.25) is 0 Å². The van der Waals surface area contributed by atoms with Gasteiger partial charge in [0, 0.05) is 43.3 Å². The second kappa shape index (κ2) is 5.60. The van der Waals surface area contributed by atoms with Crippen LogP contribution in [0.3, 0.4) is 0 Å². The highest BCUT2D eigenvalue weighted by Gasteiger charge is 2.35. The summed E-state index contributed by atoms with van der Waals surface area (Å²) >= 11 is 0. The lowest BCUT2D eigenvalue weighted by atomic mass is 10.0. The molecule has 3 rings (SSSR count). The number of piperidine rings is 1. The van der Waals surface area contributed by atoms with E-state index in [0.717, 1.165) is 11.1 Å². The Morgan fingerprint density at radius 2 is 1.83 bits per heavy atom. The first-order valence-electron chi connectivity index (χ1n) is 7.34. The van der Waals surface area contributed by atoms with Crippen molar-refractivity contribution in [3.63, 3.8) is 0 Å². The molecule has 0 unspecified atom stereocenters. The van der Waals surface area contributed by atoms with E-state index in [0.29, 0.717) is 17.3 Å². The van der Waals surface area contributed by atoms with Crippen molar-refractivity contribution in [2.75, 3.05) is 29.5 Å². The zero-order valence-corrected chi connectivity index (χ0v) is 12.8. The van der Waals surface area contributed by atoms with Crippen molar-refractivity contribution in [3.8, 4) is 11.1 Å². The highest BCUT2D eigenvalue weighted by atomic mass is 19.3. The lowest BCUT2D eigenvalue weighted by Crippen LogP contribution is -2.40. The molecule has 2 aromatic rings. The number of aryl methyl sites for hydroxylation is 1. The highest BCUT2D eigenvalue weighted by molar-refractivity contribution is 5.78. The van der Waals surface area contributed by atoms with E-state index in [-0.39, 0.29) is 31.9 Å². The maximum Gasteiger partial charge on any atom is 0.251 e. The second-order valence-corrected chi connectivity index (χ2v) is 5.68. The largest absolute Gasteiger partial charge is 0.384 e. The van der Waals surface area contributed by atoms with E-state index in [4.69, 9.17) is 11.5 Å². The first kappa shape index (κ1) is 15.4. The fourth-order valence-electron chi connectivity index (χ4n) is 2.74. The standard InChI is InChI=1S/C15H18F2N6/c1-9-12(10-2-3-11(18)20-8-10)13(22-14(19)21-9)23-6-4-15(16,17)5-7-23/h2-3,8H,4-7H2,1H3,(H2,18,20)(H2,19,21,22). The number of alkyl halides is 2. The molecule has 0 saturated carbocycles. The van der Waals surface area contributed by atoms with E-state index < -0.39 is 5.92 Å². The zero-order chi connectivity index (χ0) is 16.6. The Morgan fingerprint density at radius 3 is 2.43 bits per heavy atom. The Bertz CT molecular complexity index is 707. The minimum atomic E-state index is -2.62. The summed E-state index contributed by atoms with van der Waals surface area (Å²) in [7, 11) is 0. The first-order valence-corrected chi connectivity index (χ1v) is 7.34. The van der Waals surface area contributed by atoms with Gasteiger partial charge in [-0.15, -0.1) is 0 Å². The van der Waals surface area contributed by atoms with Crippen molar-refractivity contribution in [2.45, 2.75) is 25.7 Å². The number of nitrogens with two attached hydrogens (primary N) is 2. The molecule has 0 atom stereocenters. The lowest BCUT2D eigenvalue weighted by molar-refractivity contribution is -0.0221. The van der Waals surface area contributed by atoms with E-state index in [1.54, 1.807) is 12.3 Å². The molecule has 0 radical (unpaired) electrons. The molecule has 1 fully saturated rings. The Balaban J connectivity index is 2.04. The molecule has 3 heterocycles. The number of hydrogen-bond donors (Lipinski definition) is 2. The topological polar surface area (TPSA) is 94.0 Å². The van der Waals surface area contributed by atoms with Gasteiger partial charge in [-0.1, -0.05) is 0 Å². The third-order valence-corrected chi connectivity index (χ3v) is 3.96. The number of aromatic nitrogens is 3. The summed E-state index contributed by atoms with van der Waals surface area (Å²) in [4.78, 5) is 14.4. The van der Waals surface area contributed by atoms with Gasteiger partial charge in [-0.05, 0) is 19.1 Å². The van der Waals surface area contributed by atoms with Gasteiger partial charge in [0.1, 0.15) is 11.6 Å². The van der Waals surface area contributed by atoms with Crippen molar-refractivity contribution in [1.29, 1.82) is 0 Å². The SMILES string of the molecule is Cc1nc(N)nc(N2CCC(F)(F)CC2)c1-c1ccc(N)nc1. The van der Waals surface area contributed by atoms with Crippen LogP contribution in [-0.2, 0) is 0 Å². The molecular formula is C15H18F2N6. The van der Waals surface area contributed by atoms with Crippen molar-refractivity contribution < 1.29 is 8.78 Å². The molecule has 1 aliphatic heterocycles. The fraction of sp³-hybridized carbons (Fsp3) is 0.400. The number of rotatable bonds is 2. The van der Waals surface area contributed by atoms with Crippen LogP contribution in [0.25, 0.3) is 11.1 Å². The molecule has 0 bridgehead atoms. The summed E-state index contributed by atoms with van der Waals surface area (Å²) in [6.45, 7) is 2.25. The molecule has 0 amide bonds. The molecule has 2 aromatic heterocycles. The van der Waals surface area contributed by atoms with Crippen LogP contribution in [0.1, 0.15) is 18.5 Å². The first-order chi connectivity index (χ1) is 10.9. The number of anilines is 3. The van der Waals surface area contributed by atoms with Crippen molar-refractivity contribution in [1.82, 2.24) is 15.0 Å². The summed E-state index contributed by atoms with van der Waals surface area (Å²) in [5.74, 6) is -1.52. The van der Waals surface area contributed by atoms with E-state index in [1.165, 1.54) is 0 Å². The van der Waals surface area contributed by atoms with Crippen LogP contribution in [0.2, 0.25) is 0 Å².